The number of nitrogens with zero attached hydrogens (tertiary/aromatic N) is 1. The predicted octanol–water partition coefficient (Wildman–Crippen LogP) is 1.56. The Morgan fingerprint density at radius 1 is 1.41 bits per heavy atom. The highest BCUT2D eigenvalue weighted by atomic mass is 19.2. The molecule has 1 amide bonds. The fourth-order valence-corrected chi connectivity index (χ4v) is 2.09. The van der Waals surface area contributed by atoms with E-state index in [1.807, 2.05) is 0 Å². The number of carbonyl (C=O) groups excluding carboxylic acids is 1. The Balaban J connectivity index is 2.21. The first-order chi connectivity index (χ1) is 8.13. The summed E-state index contributed by atoms with van der Waals surface area (Å²) in [6.45, 7) is 0.443. The third kappa shape index (κ3) is 2.29. The standard InChI is InChI=1S/C12H13F2NO2/c13-10-4-3-8(6-11(10)14)12(17)15-5-1-2-9(15)7-16/h3-4,6,9,16H,1-2,5,7H2. The van der Waals surface area contributed by atoms with Crippen LogP contribution in [0.4, 0.5) is 8.78 Å². The molecule has 1 unspecified atom stereocenters. The summed E-state index contributed by atoms with van der Waals surface area (Å²) in [5, 5.41) is 9.10. The summed E-state index contributed by atoms with van der Waals surface area (Å²) in [5.74, 6) is -2.36. The van der Waals surface area contributed by atoms with Gasteiger partial charge in [0.25, 0.3) is 5.91 Å². The van der Waals surface area contributed by atoms with E-state index in [2.05, 4.69) is 0 Å². The third-order valence-electron chi connectivity index (χ3n) is 3.02. The molecule has 2 rings (SSSR count). The Hall–Kier alpha value is -1.49. The van der Waals surface area contributed by atoms with E-state index in [0.717, 1.165) is 25.0 Å². The van der Waals surface area contributed by atoms with Crippen LogP contribution >= 0.6 is 0 Å². The topological polar surface area (TPSA) is 40.5 Å². The normalized spacial score (nSPS) is 19.7. The van der Waals surface area contributed by atoms with Gasteiger partial charge in [-0.1, -0.05) is 0 Å². The Morgan fingerprint density at radius 3 is 2.82 bits per heavy atom. The number of likely N-dealkylation sites (tertiary alicyclic amines) is 1. The molecule has 0 radical (unpaired) electrons. The molecular formula is C12H13F2NO2. The minimum Gasteiger partial charge on any atom is -0.394 e. The maximum atomic E-state index is 13.0. The van der Waals surface area contributed by atoms with Crippen molar-refractivity contribution in [3.05, 3.63) is 35.4 Å². The number of aliphatic hydroxyl groups excluding tert-OH is 1. The molecular weight excluding hydrogens is 228 g/mol. The van der Waals surface area contributed by atoms with Gasteiger partial charge in [-0.15, -0.1) is 0 Å². The molecule has 0 bridgehead atoms. The molecule has 1 aliphatic rings. The number of halogens is 2. The fraction of sp³-hybridized carbons (Fsp3) is 0.417. The molecule has 5 heteroatoms. The van der Waals surface area contributed by atoms with E-state index < -0.39 is 11.6 Å². The minimum absolute atomic E-state index is 0.102. The second-order valence-corrected chi connectivity index (χ2v) is 4.11. The van der Waals surface area contributed by atoms with Gasteiger partial charge in [-0.2, -0.15) is 0 Å². The fourth-order valence-electron chi connectivity index (χ4n) is 2.09. The number of hydrogen-bond acceptors (Lipinski definition) is 2. The van der Waals surface area contributed by atoms with E-state index in [4.69, 9.17) is 5.11 Å². The number of rotatable bonds is 2. The first kappa shape index (κ1) is 12.0. The molecule has 1 atom stereocenters. The van der Waals surface area contributed by atoms with Crippen molar-refractivity contribution in [3.8, 4) is 0 Å². The van der Waals surface area contributed by atoms with Crippen molar-refractivity contribution in [2.45, 2.75) is 18.9 Å². The predicted molar refractivity (Wildman–Crippen MR) is 57.5 cm³/mol. The first-order valence-electron chi connectivity index (χ1n) is 5.50. The molecule has 0 saturated carbocycles. The molecule has 1 fully saturated rings. The van der Waals surface area contributed by atoms with E-state index in [1.54, 1.807) is 0 Å². The average molecular weight is 241 g/mol. The number of aliphatic hydroxyl groups is 1. The van der Waals surface area contributed by atoms with Gasteiger partial charge < -0.3 is 10.0 Å². The Kier molecular flexibility index (Phi) is 3.38. The van der Waals surface area contributed by atoms with Gasteiger partial charge >= 0.3 is 0 Å². The van der Waals surface area contributed by atoms with Crippen LogP contribution in [-0.2, 0) is 0 Å². The van der Waals surface area contributed by atoms with Crippen molar-refractivity contribution in [2.75, 3.05) is 13.2 Å². The van der Waals surface area contributed by atoms with Crippen molar-refractivity contribution >= 4 is 5.91 Å². The quantitative estimate of drug-likeness (QED) is 0.853. The molecule has 1 heterocycles. The third-order valence-corrected chi connectivity index (χ3v) is 3.02. The second kappa shape index (κ2) is 4.79. The zero-order chi connectivity index (χ0) is 12.4. The van der Waals surface area contributed by atoms with E-state index >= 15 is 0 Å². The monoisotopic (exact) mass is 241 g/mol. The number of amides is 1. The summed E-state index contributed by atoms with van der Waals surface area (Å²) in [5.41, 5.74) is 0.115. The van der Waals surface area contributed by atoms with Crippen molar-refractivity contribution in [1.82, 2.24) is 4.90 Å². The highest BCUT2D eigenvalue weighted by Gasteiger charge is 2.29. The zero-order valence-electron chi connectivity index (χ0n) is 9.20. The van der Waals surface area contributed by atoms with Crippen LogP contribution in [0.25, 0.3) is 0 Å². The van der Waals surface area contributed by atoms with Crippen LogP contribution in [0.1, 0.15) is 23.2 Å². The number of hydrogen-bond donors (Lipinski definition) is 1. The van der Waals surface area contributed by atoms with Crippen LogP contribution in [0.2, 0.25) is 0 Å². The average Bonchev–Trinajstić information content (AvgIpc) is 2.80. The van der Waals surface area contributed by atoms with Gasteiger partial charge in [0, 0.05) is 12.1 Å². The van der Waals surface area contributed by atoms with E-state index in [-0.39, 0.29) is 24.1 Å². The van der Waals surface area contributed by atoms with Crippen LogP contribution in [0.15, 0.2) is 18.2 Å². The lowest BCUT2D eigenvalue weighted by Gasteiger charge is -2.23. The van der Waals surface area contributed by atoms with Crippen molar-refractivity contribution in [1.29, 1.82) is 0 Å². The maximum Gasteiger partial charge on any atom is 0.254 e. The van der Waals surface area contributed by atoms with Crippen molar-refractivity contribution in [2.24, 2.45) is 0 Å². The molecule has 0 aliphatic carbocycles. The lowest BCUT2D eigenvalue weighted by Crippen LogP contribution is -2.37. The van der Waals surface area contributed by atoms with Gasteiger partial charge in [0.15, 0.2) is 11.6 Å². The van der Waals surface area contributed by atoms with Crippen LogP contribution in [-0.4, -0.2) is 35.1 Å². The Bertz CT molecular complexity index is 437. The minimum atomic E-state index is -1.03. The smallest absolute Gasteiger partial charge is 0.254 e. The van der Waals surface area contributed by atoms with Crippen LogP contribution < -0.4 is 0 Å². The molecule has 17 heavy (non-hydrogen) atoms. The first-order valence-corrected chi connectivity index (χ1v) is 5.50. The lowest BCUT2D eigenvalue weighted by atomic mass is 10.1. The largest absolute Gasteiger partial charge is 0.394 e. The maximum absolute atomic E-state index is 13.0. The van der Waals surface area contributed by atoms with Crippen molar-refractivity contribution in [3.63, 3.8) is 0 Å². The summed E-state index contributed by atoms with van der Waals surface area (Å²) in [4.78, 5) is 13.5. The summed E-state index contributed by atoms with van der Waals surface area (Å²) >= 11 is 0. The zero-order valence-corrected chi connectivity index (χ0v) is 9.20. The molecule has 3 nitrogen and oxygen atoms in total. The Labute approximate surface area is 97.7 Å². The highest BCUT2D eigenvalue weighted by molar-refractivity contribution is 5.94. The summed E-state index contributed by atoms with van der Waals surface area (Å²) in [7, 11) is 0. The summed E-state index contributed by atoms with van der Waals surface area (Å²) < 4.78 is 25.8. The van der Waals surface area contributed by atoms with E-state index in [1.165, 1.54) is 11.0 Å². The number of benzene rings is 1. The molecule has 1 saturated heterocycles. The molecule has 1 aliphatic heterocycles. The van der Waals surface area contributed by atoms with Gasteiger partial charge in [0.1, 0.15) is 0 Å². The molecule has 1 N–H and O–H groups in total. The summed E-state index contributed by atoms with van der Waals surface area (Å²) in [6.07, 6.45) is 1.56. The SMILES string of the molecule is O=C(c1ccc(F)c(F)c1)N1CCCC1CO. The van der Waals surface area contributed by atoms with E-state index in [0.29, 0.717) is 6.54 Å². The van der Waals surface area contributed by atoms with Crippen LogP contribution in [0.3, 0.4) is 0 Å². The van der Waals surface area contributed by atoms with Gasteiger partial charge in [-0.25, -0.2) is 8.78 Å². The van der Waals surface area contributed by atoms with Crippen LogP contribution in [0.5, 0.6) is 0 Å². The molecule has 0 aromatic heterocycles. The van der Waals surface area contributed by atoms with Crippen molar-refractivity contribution < 1.29 is 18.7 Å². The molecule has 92 valence electrons. The number of carbonyl (C=O) groups is 1. The van der Waals surface area contributed by atoms with Crippen LogP contribution in [0, 0.1) is 11.6 Å². The van der Waals surface area contributed by atoms with Gasteiger partial charge in [0.2, 0.25) is 0 Å². The van der Waals surface area contributed by atoms with Gasteiger partial charge in [0.05, 0.1) is 12.6 Å². The highest BCUT2D eigenvalue weighted by Crippen LogP contribution is 2.20. The lowest BCUT2D eigenvalue weighted by molar-refractivity contribution is 0.0677. The van der Waals surface area contributed by atoms with Gasteiger partial charge in [-0.3, -0.25) is 4.79 Å². The Morgan fingerprint density at radius 2 is 2.18 bits per heavy atom. The van der Waals surface area contributed by atoms with Gasteiger partial charge in [-0.05, 0) is 31.0 Å². The molecule has 1 aromatic rings. The summed E-state index contributed by atoms with van der Waals surface area (Å²) in [6, 6.07) is 2.88. The molecule has 1 aromatic carbocycles. The molecule has 0 spiro atoms. The second-order valence-electron chi connectivity index (χ2n) is 4.11. The van der Waals surface area contributed by atoms with E-state index in [9.17, 15) is 13.6 Å².